The van der Waals surface area contributed by atoms with Crippen LogP contribution in [0.3, 0.4) is 0 Å². The SMILES string of the molecule is Cc1ccc(C[C@H](C)CC(=O)Nc2ccccc2I)cc1. The van der Waals surface area contributed by atoms with E-state index in [2.05, 4.69) is 66.0 Å². The first kappa shape index (κ1) is 16.0. The lowest BCUT2D eigenvalue weighted by atomic mass is 9.97. The number of benzene rings is 2. The highest BCUT2D eigenvalue weighted by Crippen LogP contribution is 2.19. The molecule has 2 aromatic carbocycles. The lowest BCUT2D eigenvalue weighted by Crippen LogP contribution is -2.16. The number of nitrogens with one attached hydrogen (secondary N) is 1. The number of amides is 1. The Balaban J connectivity index is 1.87. The quantitative estimate of drug-likeness (QED) is 0.726. The number of rotatable bonds is 5. The molecule has 0 fully saturated rings. The van der Waals surface area contributed by atoms with Gasteiger partial charge in [0.25, 0.3) is 0 Å². The molecule has 0 heterocycles. The van der Waals surface area contributed by atoms with E-state index in [1.807, 2.05) is 24.3 Å². The number of hydrogen-bond donors (Lipinski definition) is 1. The second-order valence-electron chi connectivity index (χ2n) is 5.53. The molecule has 1 N–H and O–H groups in total. The second-order valence-corrected chi connectivity index (χ2v) is 6.69. The fraction of sp³-hybridized carbons (Fsp3) is 0.278. The van der Waals surface area contributed by atoms with Crippen LogP contribution in [0, 0.1) is 16.4 Å². The standard InChI is InChI=1S/C18H20INO/c1-13-7-9-15(10-8-13)11-14(2)12-18(21)20-17-6-4-3-5-16(17)19/h3-10,14H,11-12H2,1-2H3,(H,20,21)/t14-/m0/s1. The Morgan fingerprint density at radius 3 is 2.48 bits per heavy atom. The summed E-state index contributed by atoms with van der Waals surface area (Å²) in [6.45, 7) is 4.21. The van der Waals surface area contributed by atoms with Crippen LogP contribution >= 0.6 is 22.6 Å². The number of para-hydroxylation sites is 1. The van der Waals surface area contributed by atoms with E-state index in [1.165, 1.54) is 11.1 Å². The van der Waals surface area contributed by atoms with Crippen molar-refractivity contribution < 1.29 is 4.79 Å². The molecule has 0 radical (unpaired) electrons. The molecule has 1 amide bonds. The summed E-state index contributed by atoms with van der Waals surface area (Å²) in [5.41, 5.74) is 3.45. The van der Waals surface area contributed by atoms with Crippen molar-refractivity contribution >= 4 is 34.2 Å². The lowest BCUT2D eigenvalue weighted by molar-refractivity contribution is -0.116. The Morgan fingerprint density at radius 1 is 1.14 bits per heavy atom. The van der Waals surface area contributed by atoms with Gasteiger partial charge in [-0.25, -0.2) is 0 Å². The molecule has 2 aromatic rings. The Hall–Kier alpha value is -1.36. The van der Waals surface area contributed by atoms with E-state index in [9.17, 15) is 4.79 Å². The van der Waals surface area contributed by atoms with E-state index in [-0.39, 0.29) is 5.91 Å². The average molecular weight is 393 g/mol. The monoisotopic (exact) mass is 393 g/mol. The van der Waals surface area contributed by atoms with Gasteiger partial charge in [-0.05, 0) is 59.5 Å². The zero-order valence-corrected chi connectivity index (χ0v) is 14.6. The van der Waals surface area contributed by atoms with Crippen LogP contribution in [0.4, 0.5) is 5.69 Å². The largest absolute Gasteiger partial charge is 0.325 e. The van der Waals surface area contributed by atoms with Crippen molar-refractivity contribution in [2.45, 2.75) is 26.7 Å². The molecule has 0 saturated heterocycles. The smallest absolute Gasteiger partial charge is 0.224 e. The molecule has 0 aliphatic heterocycles. The molecule has 0 saturated carbocycles. The molecular weight excluding hydrogens is 373 g/mol. The first-order chi connectivity index (χ1) is 10.0. The molecule has 1 atom stereocenters. The molecule has 0 aliphatic rings. The molecule has 0 unspecified atom stereocenters. The van der Waals surface area contributed by atoms with Gasteiger partial charge < -0.3 is 5.32 Å². The summed E-state index contributed by atoms with van der Waals surface area (Å²) in [5, 5.41) is 2.99. The molecule has 110 valence electrons. The van der Waals surface area contributed by atoms with Crippen molar-refractivity contribution in [2.24, 2.45) is 5.92 Å². The Morgan fingerprint density at radius 2 is 1.81 bits per heavy atom. The first-order valence-electron chi connectivity index (χ1n) is 7.14. The third kappa shape index (κ3) is 5.16. The van der Waals surface area contributed by atoms with Crippen LogP contribution < -0.4 is 5.32 Å². The van der Waals surface area contributed by atoms with E-state index in [4.69, 9.17) is 0 Å². The minimum absolute atomic E-state index is 0.0822. The number of anilines is 1. The number of carbonyl (C=O) groups is 1. The molecule has 21 heavy (non-hydrogen) atoms. The van der Waals surface area contributed by atoms with Crippen LogP contribution in [-0.4, -0.2) is 5.91 Å². The maximum Gasteiger partial charge on any atom is 0.224 e. The topological polar surface area (TPSA) is 29.1 Å². The zero-order chi connectivity index (χ0) is 15.2. The van der Waals surface area contributed by atoms with E-state index in [1.54, 1.807) is 0 Å². The Labute approximate surface area is 140 Å². The predicted molar refractivity (Wildman–Crippen MR) is 96.5 cm³/mol. The van der Waals surface area contributed by atoms with Crippen LogP contribution in [0.1, 0.15) is 24.5 Å². The minimum atomic E-state index is 0.0822. The van der Waals surface area contributed by atoms with Crippen LogP contribution in [0.25, 0.3) is 0 Å². The summed E-state index contributed by atoms with van der Waals surface area (Å²) in [6.07, 6.45) is 1.47. The normalized spacial score (nSPS) is 12.0. The molecule has 2 rings (SSSR count). The molecule has 3 heteroatoms. The Bertz CT molecular complexity index is 607. The van der Waals surface area contributed by atoms with Gasteiger partial charge in [0.15, 0.2) is 0 Å². The lowest BCUT2D eigenvalue weighted by Gasteiger charge is -2.12. The van der Waals surface area contributed by atoms with E-state index in [0.717, 1.165) is 15.7 Å². The highest BCUT2D eigenvalue weighted by Gasteiger charge is 2.11. The van der Waals surface area contributed by atoms with Crippen LogP contribution in [0.5, 0.6) is 0 Å². The van der Waals surface area contributed by atoms with Crippen molar-refractivity contribution in [3.05, 3.63) is 63.2 Å². The van der Waals surface area contributed by atoms with E-state index in [0.29, 0.717) is 12.3 Å². The van der Waals surface area contributed by atoms with Gasteiger partial charge in [-0.3, -0.25) is 4.79 Å². The van der Waals surface area contributed by atoms with Gasteiger partial charge in [0.1, 0.15) is 0 Å². The van der Waals surface area contributed by atoms with E-state index < -0.39 is 0 Å². The van der Waals surface area contributed by atoms with Gasteiger partial charge in [-0.2, -0.15) is 0 Å². The first-order valence-corrected chi connectivity index (χ1v) is 8.22. The summed E-state index contributed by atoms with van der Waals surface area (Å²) in [7, 11) is 0. The number of hydrogen-bond acceptors (Lipinski definition) is 1. The van der Waals surface area contributed by atoms with Crippen molar-refractivity contribution in [3.63, 3.8) is 0 Å². The van der Waals surface area contributed by atoms with Gasteiger partial charge in [-0.15, -0.1) is 0 Å². The summed E-state index contributed by atoms with van der Waals surface area (Å²) >= 11 is 2.23. The number of carbonyl (C=O) groups excluding carboxylic acids is 1. The predicted octanol–water partition coefficient (Wildman–Crippen LogP) is 4.81. The Kier molecular flexibility index (Phi) is 5.79. The van der Waals surface area contributed by atoms with Crippen LogP contribution in [0.15, 0.2) is 48.5 Å². The van der Waals surface area contributed by atoms with Crippen LogP contribution in [0.2, 0.25) is 0 Å². The van der Waals surface area contributed by atoms with Gasteiger partial charge in [-0.1, -0.05) is 48.9 Å². The van der Waals surface area contributed by atoms with Crippen LogP contribution in [-0.2, 0) is 11.2 Å². The fourth-order valence-corrected chi connectivity index (χ4v) is 2.80. The van der Waals surface area contributed by atoms with Gasteiger partial charge in [0.05, 0.1) is 5.69 Å². The van der Waals surface area contributed by atoms with Crippen molar-refractivity contribution in [1.82, 2.24) is 0 Å². The summed E-state index contributed by atoms with van der Waals surface area (Å²) in [5.74, 6) is 0.410. The third-order valence-corrected chi connectivity index (χ3v) is 4.33. The molecule has 2 nitrogen and oxygen atoms in total. The molecular formula is C18H20INO. The fourth-order valence-electron chi connectivity index (χ4n) is 2.28. The zero-order valence-electron chi connectivity index (χ0n) is 12.4. The van der Waals surface area contributed by atoms with Gasteiger partial charge >= 0.3 is 0 Å². The summed E-state index contributed by atoms with van der Waals surface area (Å²) in [6, 6.07) is 16.4. The number of aryl methyl sites for hydroxylation is 1. The minimum Gasteiger partial charge on any atom is -0.325 e. The molecule has 0 aromatic heterocycles. The van der Waals surface area contributed by atoms with Gasteiger partial charge in [0.2, 0.25) is 5.91 Å². The molecule has 0 bridgehead atoms. The second kappa shape index (κ2) is 7.59. The van der Waals surface area contributed by atoms with Crippen molar-refractivity contribution in [1.29, 1.82) is 0 Å². The number of halogens is 1. The highest BCUT2D eigenvalue weighted by atomic mass is 127. The van der Waals surface area contributed by atoms with Crippen molar-refractivity contribution in [2.75, 3.05) is 5.32 Å². The summed E-state index contributed by atoms with van der Waals surface area (Å²) in [4.78, 5) is 12.1. The molecule has 0 aliphatic carbocycles. The average Bonchev–Trinajstić information content (AvgIpc) is 2.44. The van der Waals surface area contributed by atoms with Crippen molar-refractivity contribution in [3.8, 4) is 0 Å². The maximum atomic E-state index is 12.1. The third-order valence-electron chi connectivity index (χ3n) is 3.39. The van der Waals surface area contributed by atoms with E-state index >= 15 is 0 Å². The maximum absolute atomic E-state index is 12.1. The summed E-state index contributed by atoms with van der Waals surface area (Å²) < 4.78 is 1.06. The highest BCUT2D eigenvalue weighted by molar-refractivity contribution is 14.1. The molecule has 0 spiro atoms. The van der Waals surface area contributed by atoms with Gasteiger partial charge in [0, 0.05) is 9.99 Å².